The molecule has 0 saturated heterocycles. The summed E-state index contributed by atoms with van der Waals surface area (Å²) in [4.78, 5) is 4.25. The summed E-state index contributed by atoms with van der Waals surface area (Å²) in [5.74, 6) is 0. The Labute approximate surface area is 115 Å². The van der Waals surface area contributed by atoms with Crippen LogP contribution in [-0.4, -0.2) is 21.2 Å². The molecule has 0 radical (unpaired) electrons. The SMILES string of the molecule is CCC(NC)c1ccn(Cc2cncn2C(C)C)c1. The number of rotatable bonds is 6. The van der Waals surface area contributed by atoms with Gasteiger partial charge in [-0.15, -0.1) is 0 Å². The molecule has 0 amide bonds. The first-order valence-electron chi connectivity index (χ1n) is 6.99. The first-order valence-corrected chi connectivity index (χ1v) is 6.99. The van der Waals surface area contributed by atoms with Crippen LogP contribution in [0.4, 0.5) is 0 Å². The predicted octanol–water partition coefficient (Wildman–Crippen LogP) is 2.98. The van der Waals surface area contributed by atoms with E-state index in [1.54, 1.807) is 0 Å². The van der Waals surface area contributed by atoms with E-state index in [0.717, 1.165) is 13.0 Å². The molecule has 19 heavy (non-hydrogen) atoms. The van der Waals surface area contributed by atoms with Crippen molar-refractivity contribution < 1.29 is 0 Å². The molecule has 1 unspecified atom stereocenters. The second-order valence-electron chi connectivity index (χ2n) is 5.25. The van der Waals surface area contributed by atoms with E-state index < -0.39 is 0 Å². The lowest BCUT2D eigenvalue weighted by atomic mass is 10.1. The first-order chi connectivity index (χ1) is 9.15. The molecule has 1 N–H and O–H groups in total. The Bertz CT molecular complexity index is 506. The van der Waals surface area contributed by atoms with Gasteiger partial charge >= 0.3 is 0 Å². The van der Waals surface area contributed by atoms with Crippen molar-refractivity contribution in [1.29, 1.82) is 0 Å². The zero-order valence-electron chi connectivity index (χ0n) is 12.3. The summed E-state index contributed by atoms with van der Waals surface area (Å²) in [7, 11) is 2.01. The molecule has 0 aromatic carbocycles. The van der Waals surface area contributed by atoms with Gasteiger partial charge in [0, 0.05) is 30.7 Å². The van der Waals surface area contributed by atoms with Crippen LogP contribution in [-0.2, 0) is 6.54 Å². The Kier molecular flexibility index (Phi) is 4.43. The third-order valence-corrected chi connectivity index (χ3v) is 3.58. The summed E-state index contributed by atoms with van der Waals surface area (Å²) in [6, 6.07) is 3.09. The van der Waals surface area contributed by atoms with Gasteiger partial charge in [-0.3, -0.25) is 0 Å². The lowest BCUT2D eigenvalue weighted by molar-refractivity contribution is 0.558. The predicted molar refractivity (Wildman–Crippen MR) is 78.2 cm³/mol. The molecule has 0 spiro atoms. The van der Waals surface area contributed by atoms with Gasteiger partial charge in [-0.1, -0.05) is 6.92 Å². The van der Waals surface area contributed by atoms with Gasteiger partial charge in [0.15, 0.2) is 0 Å². The van der Waals surface area contributed by atoms with Crippen molar-refractivity contribution >= 4 is 0 Å². The summed E-state index contributed by atoms with van der Waals surface area (Å²) < 4.78 is 4.44. The highest BCUT2D eigenvalue weighted by molar-refractivity contribution is 5.16. The Morgan fingerprint density at radius 1 is 1.37 bits per heavy atom. The second kappa shape index (κ2) is 6.06. The molecule has 104 valence electrons. The second-order valence-corrected chi connectivity index (χ2v) is 5.25. The van der Waals surface area contributed by atoms with E-state index >= 15 is 0 Å². The molecule has 0 aliphatic heterocycles. The van der Waals surface area contributed by atoms with Gasteiger partial charge in [0.1, 0.15) is 0 Å². The van der Waals surface area contributed by atoms with E-state index in [1.165, 1.54) is 11.3 Å². The lowest BCUT2D eigenvalue weighted by Gasteiger charge is -2.13. The van der Waals surface area contributed by atoms with Crippen molar-refractivity contribution in [2.45, 2.75) is 45.8 Å². The summed E-state index contributed by atoms with van der Waals surface area (Å²) in [5, 5.41) is 3.34. The largest absolute Gasteiger partial charge is 0.348 e. The van der Waals surface area contributed by atoms with E-state index in [4.69, 9.17) is 0 Å². The maximum absolute atomic E-state index is 4.25. The molecule has 0 bridgehead atoms. The molecular weight excluding hydrogens is 236 g/mol. The minimum atomic E-state index is 0.441. The van der Waals surface area contributed by atoms with Gasteiger partial charge < -0.3 is 14.5 Å². The van der Waals surface area contributed by atoms with Gasteiger partial charge in [0.2, 0.25) is 0 Å². The summed E-state index contributed by atoms with van der Waals surface area (Å²) in [6.45, 7) is 7.44. The Morgan fingerprint density at radius 3 is 2.79 bits per heavy atom. The number of imidazole rings is 1. The van der Waals surface area contributed by atoms with Crippen molar-refractivity contribution in [3.8, 4) is 0 Å². The highest BCUT2D eigenvalue weighted by atomic mass is 15.1. The molecule has 2 aromatic heterocycles. The van der Waals surface area contributed by atoms with Crippen LogP contribution in [0, 0.1) is 0 Å². The molecular formula is C15H24N4. The number of nitrogens with one attached hydrogen (secondary N) is 1. The fraction of sp³-hybridized carbons (Fsp3) is 0.533. The summed E-state index contributed by atoms with van der Waals surface area (Å²) in [5.41, 5.74) is 2.59. The number of hydrogen-bond donors (Lipinski definition) is 1. The van der Waals surface area contributed by atoms with Crippen molar-refractivity contribution in [3.63, 3.8) is 0 Å². The summed E-state index contributed by atoms with van der Waals surface area (Å²) >= 11 is 0. The van der Waals surface area contributed by atoms with Crippen LogP contribution in [0.25, 0.3) is 0 Å². The van der Waals surface area contributed by atoms with Gasteiger partial charge in [0.05, 0.1) is 18.6 Å². The normalized spacial score (nSPS) is 13.1. The van der Waals surface area contributed by atoms with Crippen LogP contribution < -0.4 is 5.32 Å². The lowest BCUT2D eigenvalue weighted by Crippen LogP contribution is -2.14. The zero-order valence-corrected chi connectivity index (χ0v) is 12.3. The molecule has 0 aliphatic carbocycles. The number of hydrogen-bond acceptors (Lipinski definition) is 2. The minimum Gasteiger partial charge on any atom is -0.348 e. The van der Waals surface area contributed by atoms with Crippen LogP contribution in [0.1, 0.15) is 50.5 Å². The van der Waals surface area contributed by atoms with Crippen molar-refractivity contribution in [2.24, 2.45) is 0 Å². The van der Waals surface area contributed by atoms with Gasteiger partial charge in [-0.25, -0.2) is 4.98 Å². The molecule has 4 heteroatoms. The molecule has 0 fully saturated rings. The van der Waals surface area contributed by atoms with E-state index in [9.17, 15) is 0 Å². The maximum atomic E-state index is 4.25. The summed E-state index contributed by atoms with van der Waals surface area (Å²) in [6.07, 6.45) is 9.33. The average Bonchev–Trinajstić information content (AvgIpc) is 3.01. The van der Waals surface area contributed by atoms with Gasteiger partial charge in [-0.05, 0) is 38.9 Å². The molecule has 0 saturated carbocycles. The highest BCUT2D eigenvalue weighted by Crippen LogP contribution is 2.17. The molecule has 2 aromatic rings. The van der Waals surface area contributed by atoms with Crippen molar-refractivity contribution in [3.05, 3.63) is 42.2 Å². The quantitative estimate of drug-likeness (QED) is 0.866. The fourth-order valence-corrected chi connectivity index (χ4v) is 2.48. The van der Waals surface area contributed by atoms with Crippen LogP contribution in [0.15, 0.2) is 31.0 Å². The number of nitrogens with zero attached hydrogens (tertiary/aromatic N) is 3. The third-order valence-electron chi connectivity index (χ3n) is 3.58. The molecule has 1 atom stereocenters. The van der Waals surface area contributed by atoms with Crippen LogP contribution >= 0.6 is 0 Å². The Morgan fingerprint density at radius 2 is 2.16 bits per heavy atom. The standard InChI is InChI=1S/C15H24N4/c1-5-15(16-4)13-6-7-18(9-13)10-14-8-17-11-19(14)12(2)3/h6-9,11-12,15-16H,5,10H2,1-4H3. The van der Waals surface area contributed by atoms with Crippen molar-refractivity contribution in [1.82, 2.24) is 19.4 Å². The maximum Gasteiger partial charge on any atom is 0.0951 e. The Balaban J connectivity index is 2.13. The highest BCUT2D eigenvalue weighted by Gasteiger charge is 2.10. The van der Waals surface area contributed by atoms with E-state index in [2.05, 4.69) is 58.7 Å². The number of aromatic nitrogens is 3. The van der Waals surface area contributed by atoms with Crippen LogP contribution in [0.2, 0.25) is 0 Å². The topological polar surface area (TPSA) is 34.8 Å². The monoisotopic (exact) mass is 260 g/mol. The van der Waals surface area contributed by atoms with Gasteiger partial charge in [0.25, 0.3) is 0 Å². The average molecular weight is 260 g/mol. The van der Waals surface area contributed by atoms with Crippen LogP contribution in [0.3, 0.4) is 0 Å². The molecule has 2 heterocycles. The van der Waals surface area contributed by atoms with E-state index in [0.29, 0.717) is 12.1 Å². The fourth-order valence-electron chi connectivity index (χ4n) is 2.48. The van der Waals surface area contributed by atoms with E-state index in [1.807, 2.05) is 19.6 Å². The molecule has 4 nitrogen and oxygen atoms in total. The molecule has 2 rings (SSSR count). The minimum absolute atomic E-state index is 0.441. The Hall–Kier alpha value is -1.55. The van der Waals surface area contributed by atoms with Crippen molar-refractivity contribution in [2.75, 3.05) is 7.05 Å². The first kappa shape index (κ1) is 13.9. The zero-order chi connectivity index (χ0) is 13.8. The van der Waals surface area contributed by atoms with E-state index in [-0.39, 0.29) is 0 Å². The smallest absolute Gasteiger partial charge is 0.0951 e. The third kappa shape index (κ3) is 3.07. The van der Waals surface area contributed by atoms with Gasteiger partial charge in [-0.2, -0.15) is 0 Å². The molecule has 0 aliphatic rings. The van der Waals surface area contributed by atoms with Crippen LogP contribution in [0.5, 0.6) is 0 Å².